The number of nitrogens with zero attached hydrogens (tertiary/aromatic N) is 5. The van der Waals surface area contributed by atoms with Crippen LogP contribution >= 0.6 is 0 Å². The molecule has 0 spiro atoms. The van der Waals surface area contributed by atoms with Crippen molar-refractivity contribution in [2.45, 2.75) is 39.0 Å². The molecule has 0 bridgehead atoms. The molecule has 2 aliphatic heterocycles. The van der Waals surface area contributed by atoms with Gasteiger partial charge in [0.05, 0.1) is 0 Å². The SMILES string of the molecule is Cc1cc(NC(=O)C2CCN(c3cc(N4CCCCC4)ncn3)CC2)no1. The van der Waals surface area contributed by atoms with Gasteiger partial charge in [0.2, 0.25) is 5.91 Å². The molecule has 0 aliphatic carbocycles. The Kier molecular flexibility index (Phi) is 5.22. The number of rotatable bonds is 4. The zero-order valence-corrected chi connectivity index (χ0v) is 15.7. The van der Waals surface area contributed by atoms with E-state index >= 15 is 0 Å². The van der Waals surface area contributed by atoms with E-state index in [0.29, 0.717) is 11.6 Å². The van der Waals surface area contributed by atoms with Crippen LogP contribution in [0.1, 0.15) is 37.9 Å². The molecule has 27 heavy (non-hydrogen) atoms. The number of aromatic nitrogens is 3. The fraction of sp³-hybridized carbons (Fsp3) is 0.579. The van der Waals surface area contributed by atoms with Crippen molar-refractivity contribution in [1.29, 1.82) is 0 Å². The first-order chi connectivity index (χ1) is 13.2. The van der Waals surface area contributed by atoms with Gasteiger partial charge in [0, 0.05) is 44.2 Å². The van der Waals surface area contributed by atoms with Crippen LogP contribution in [0.5, 0.6) is 0 Å². The highest BCUT2D eigenvalue weighted by atomic mass is 16.5. The van der Waals surface area contributed by atoms with E-state index < -0.39 is 0 Å². The lowest BCUT2D eigenvalue weighted by molar-refractivity contribution is -0.120. The summed E-state index contributed by atoms with van der Waals surface area (Å²) in [6.07, 6.45) is 7.01. The third-order valence-electron chi connectivity index (χ3n) is 5.39. The first kappa shape index (κ1) is 17.8. The summed E-state index contributed by atoms with van der Waals surface area (Å²) in [7, 11) is 0. The lowest BCUT2D eigenvalue weighted by Crippen LogP contribution is -2.39. The summed E-state index contributed by atoms with van der Waals surface area (Å²) in [5.74, 6) is 3.15. The predicted molar refractivity (Wildman–Crippen MR) is 103 cm³/mol. The normalized spacial score (nSPS) is 18.6. The van der Waals surface area contributed by atoms with Crippen LogP contribution < -0.4 is 15.1 Å². The summed E-state index contributed by atoms with van der Waals surface area (Å²) in [5.41, 5.74) is 0. The third-order valence-corrected chi connectivity index (χ3v) is 5.39. The number of aryl methyl sites for hydroxylation is 1. The van der Waals surface area contributed by atoms with Gasteiger partial charge in [-0.3, -0.25) is 4.79 Å². The lowest BCUT2D eigenvalue weighted by Gasteiger charge is -2.33. The van der Waals surface area contributed by atoms with Gasteiger partial charge in [-0.05, 0) is 39.0 Å². The summed E-state index contributed by atoms with van der Waals surface area (Å²) in [6.45, 7) is 5.57. The summed E-state index contributed by atoms with van der Waals surface area (Å²) in [4.78, 5) is 25.9. The predicted octanol–water partition coefficient (Wildman–Crippen LogP) is 2.62. The molecule has 2 aromatic heterocycles. The van der Waals surface area contributed by atoms with Crippen LogP contribution in [0.15, 0.2) is 23.0 Å². The number of piperidine rings is 2. The Morgan fingerprint density at radius 2 is 1.70 bits per heavy atom. The van der Waals surface area contributed by atoms with Gasteiger partial charge in [0.1, 0.15) is 23.7 Å². The number of anilines is 3. The second-order valence-electron chi connectivity index (χ2n) is 7.36. The zero-order valence-electron chi connectivity index (χ0n) is 15.7. The molecule has 8 nitrogen and oxygen atoms in total. The Labute approximate surface area is 158 Å². The molecule has 144 valence electrons. The lowest BCUT2D eigenvalue weighted by atomic mass is 9.96. The van der Waals surface area contributed by atoms with Gasteiger partial charge in [-0.1, -0.05) is 5.16 Å². The fourth-order valence-electron chi connectivity index (χ4n) is 3.83. The van der Waals surface area contributed by atoms with Gasteiger partial charge in [-0.2, -0.15) is 0 Å². The van der Waals surface area contributed by atoms with E-state index in [1.54, 1.807) is 19.3 Å². The van der Waals surface area contributed by atoms with Gasteiger partial charge in [0.15, 0.2) is 5.82 Å². The average molecular weight is 370 g/mol. The molecule has 2 aliphatic rings. The largest absolute Gasteiger partial charge is 0.360 e. The summed E-state index contributed by atoms with van der Waals surface area (Å²) in [6, 6.07) is 3.82. The quantitative estimate of drug-likeness (QED) is 0.885. The van der Waals surface area contributed by atoms with Gasteiger partial charge in [-0.25, -0.2) is 9.97 Å². The molecule has 4 rings (SSSR count). The van der Waals surface area contributed by atoms with Crippen molar-refractivity contribution in [1.82, 2.24) is 15.1 Å². The van der Waals surface area contributed by atoms with Crippen molar-refractivity contribution in [3.05, 3.63) is 24.2 Å². The van der Waals surface area contributed by atoms with E-state index in [9.17, 15) is 4.79 Å². The van der Waals surface area contributed by atoms with Gasteiger partial charge >= 0.3 is 0 Å². The van der Waals surface area contributed by atoms with Crippen molar-refractivity contribution < 1.29 is 9.32 Å². The minimum Gasteiger partial charge on any atom is -0.360 e. The molecular weight excluding hydrogens is 344 g/mol. The van der Waals surface area contributed by atoms with Crippen molar-refractivity contribution in [2.24, 2.45) is 5.92 Å². The number of carbonyl (C=O) groups excluding carboxylic acids is 1. The van der Waals surface area contributed by atoms with Crippen LogP contribution in [-0.4, -0.2) is 47.2 Å². The minimum absolute atomic E-state index is 0.0124. The topological polar surface area (TPSA) is 87.4 Å². The summed E-state index contributed by atoms with van der Waals surface area (Å²) >= 11 is 0. The molecular formula is C19H26N6O2. The molecule has 1 amide bonds. The zero-order chi connectivity index (χ0) is 18.6. The molecule has 4 heterocycles. The minimum atomic E-state index is -0.0124. The maximum Gasteiger partial charge on any atom is 0.228 e. The molecule has 2 saturated heterocycles. The molecule has 0 atom stereocenters. The number of nitrogens with one attached hydrogen (secondary N) is 1. The summed E-state index contributed by atoms with van der Waals surface area (Å²) < 4.78 is 5.00. The second-order valence-corrected chi connectivity index (χ2v) is 7.36. The van der Waals surface area contributed by atoms with Crippen molar-refractivity contribution in [2.75, 3.05) is 41.3 Å². The Morgan fingerprint density at radius 3 is 2.33 bits per heavy atom. The molecule has 0 aromatic carbocycles. The Balaban J connectivity index is 1.34. The van der Waals surface area contributed by atoms with Crippen molar-refractivity contribution >= 4 is 23.4 Å². The number of hydrogen-bond acceptors (Lipinski definition) is 7. The van der Waals surface area contributed by atoms with E-state index in [1.807, 2.05) is 0 Å². The maximum absolute atomic E-state index is 12.4. The highest BCUT2D eigenvalue weighted by Crippen LogP contribution is 2.26. The van der Waals surface area contributed by atoms with Gasteiger partial charge in [0.25, 0.3) is 0 Å². The van der Waals surface area contributed by atoms with E-state index in [0.717, 1.165) is 50.7 Å². The third kappa shape index (κ3) is 4.20. The first-order valence-corrected chi connectivity index (χ1v) is 9.75. The monoisotopic (exact) mass is 370 g/mol. The number of carbonyl (C=O) groups is 1. The molecule has 1 N–H and O–H groups in total. The molecule has 2 fully saturated rings. The van der Waals surface area contributed by atoms with Crippen molar-refractivity contribution in [3.8, 4) is 0 Å². The first-order valence-electron chi connectivity index (χ1n) is 9.75. The maximum atomic E-state index is 12.4. The Morgan fingerprint density at radius 1 is 1.04 bits per heavy atom. The second kappa shape index (κ2) is 7.94. The van der Waals surface area contributed by atoms with Crippen LogP contribution in [0.3, 0.4) is 0 Å². The highest BCUT2D eigenvalue weighted by molar-refractivity contribution is 5.91. The highest BCUT2D eigenvalue weighted by Gasteiger charge is 2.26. The Bertz CT molecular complexity index is 778. The standard InChI is InChI=1S/C19H26N6O2/c1-14-11-16(23-27-14)22-19(26)15-5-9-25(10-6-15)18-12-17(20-13-21-18)24-7-3-2-4-8-24/h11-13,15H,2-10H2,1H3,(H,22,23,26). The molecule has 0 radical (unpaired) electrons. The average Bonchev–Trinajstić information content (AvgIpc) is 3.13. The van der Waals surface area contributed by atoms with Crippen LogP contribution in [0.4, 0.5) is 17.5 Å². The van der Waals surface area contributed by atoms with Crippen LogP contribution in [0.2, 0.25) is 0 Å². The smallest absolute Gasteiger partial charge is 0.228 e. The number of hydrogen-bond donors (Lipinski definition) is 1. The van der Waals surface area contributed by atoms with Crippen LogP contribution in [-0.2, 0) is 4.79 Å². The summed E-state index contributed by atoms with van der Waals surface area (Å²) in [5, 5.41) is 6.67. The van der Waals surface area contributed by atoms with Gasteiger partial charge < -0.3 is 19.6 Å². The van der Waals surface area contributed by atoms with E-state index in [2.05, 4.69) is 36.3 Å². The van der Waals surface area contributed by atoms with E-state index in [-0.39, 0.29) is 11.8 Å². The molecule has 0 saturated carbocycles. The van der Waals surface area contributed by atoms with Crippen LogP contribution in [0, 0.1) is 12.8 Å². The van der Waals surface area contributed by atoms with E-state index in [1.165, 1.54) is 19.3 Å². The molecule has 2 aromatic rings. The molecule has 8 heteroatoms. The Hall–Kier alpha value is -2.64. The van der Waals surface area contributed by atoms with Crippen LogP contribution in [0.25, 0.3) is 0 Å². The molecule has 0 unspecified atom stereocenters. The van der Waals surface area contributed by atoms with E-state index in [4.69, 9.17) is 4.52 Å². The number of amides is 1. The fourth-order valence-corrected chi connectivity index (χ4v) is 3.83. The van der Waals surface area contributed by atoms with Gasteiger partial charge in [-0.15, -0.1) is 0 Å². The van der Waals surface area contributed by atoms with Crippen molar-refractivity contribution in [3.63, 3.8) is 0 Å².